The number of rotatable bonds is 6. The van der Waals surface area contributed by atoms with Gasteiger partial charge in [-0.05, 0) is 49.9 Å². The van der Waals surface area contributed by atoms with Crippen molar-refractivity contribution in [2.24, 2.45) is 5.73 Å². The molecule has 1 aliphatic rings. The van der Waals surface area contributed by atoms with Crippen LogP contribution in [0.15, 0.2) is 30.7 Å². The number of nitrogens with zero attached hydrogens (tertiary/aromatic N) is 5. The highest BCUT2D eigenvalue weighted by Gasteiger charge is 2.30. The fraction of sp³-hybridized carbons (Fsp3) is 0.368. The van der Waals surface area contributed by atoms with Gasteiger partial charge in [0.15, 0.2) is 5.65 Å². The molecule has 0 aliphatic carbocycles. The molecule has 1 atom stereocenters. The number of aryl methyl sites for hydroxylation is 1. The van der Waals surface area contributed by atoms with Gasteiger partial charge in [0.2, 0.25) is 0 Å². The lowest BCUT2D eigenvalue weighted by molar-refractivity contribution is 0.0698. The highest BCUT2D eigenvalue weighted by molar-refractivity contribution is 5.94. The first-order valence-corrected chi connectivity index (χ1v) is 9.27. The minimum Gasteiger partial charge on any atom is -0.477 e. The zero-order chi connectivity index (χ0) is 19.7. The summed E-state index contributed by atoms with van der Waals surface area (Å²) >= 11 is 0. The van der Waals surface area contributed by atoms with Crippen molar-refractivity contribution in [1.29, 1.82) is 0 Å². The second-order valence-electron chi connectivity index (χ2n) is 6.85. The van der Waals surface area contributed by atoms with E-state index in [9.17, 15) is 14.3 Å². The van der Waals surface area contributed by atoms with Gasteiger partial charge in [-0.3, -0.25) is 4.98 Å². The van der Waals surface area contributed by atoms with Crippen LogP contribution in [0.25, 0.3) is 5.65 Å². The number of fused-ring (bicyclic) bond motifs is 1. The number of aromatic nitrogens is 4. The predicted octanol–water partition coefficient (Wildman–Crippen LogP) is 2.19. The van der Waals surface area contributed by atoms with E-state index in [0.717, 1.165) is 37.1 Å². The Morgan fingerprint density at radius 1 is 1.39 bits per heavy atom. The molecule has 0 amide bonds. The Hall–Kier alpha value is -3.07. The Labute approximate surface area is 160 Å². The van der Waals surface area contributed by atoms with Crippen molar-refractivity contribution < 1.29 is 14.3 Å². The molecule has 3 aromatic heterocycles. The summed E-state index contributed by atoms with van der Waals surface area (Å²) in [5.41, 5.74) is 7.66. The van der Waals surface area contributed by atoms with Gasteiger partial charge in [0.25, 0.3) is 0 Å². The number of hydrogen-bond acceptors (Lipinski definition) is 6. The van der Waals surface area contributed by atoms with E-state index in [-0.39, 0.29) is 23.1 Å². The number of carboxylic acid groups (broad SMARTS) is 1. The summed E-state index contributed by atoms with van der Waals surface area (Å²) in [7, 11) is 0. The Morgan fingerprint density at radius 3 is 3.04 bits per heavy atom. The van der Waals surface area contributed by atoms with Gasteiger partial charge >= 0.3 is 5.97 Å². The van der Waals surface area contributed by atoms with Gasteiger partial charge in [0.1, 0.15) is 17.2 Å². The van der Waals surface area contributed by atoms with Gasteiger partial charge in [0, 0.05) is 18.4 Å². The molecule has 9 heteroatoms. The fourth-order valence-electron chi connectivity index (χ4n) is 3.78. The second-order valence-corrected chi connectivity index (χ2v) is 6.85. The monoisotopic (exact) mass is 384 g/mol. The molecule has 0 saturated carbocycles. The summed E-state index contributed by atoms with van der Waals surface area (Å²) in [6.07, 6.45) is 7.46. The standard InChI is InChI=1S/C19H21FN6O2/c20-12-9-13(15(22-10-12)3-1-6-21)16-4-2-7-25(16)17-5-8-26-18(24-17)14(11-23-26)19(27)28/h5,8-11,16H,1-4,6-7,21H2,(H,27,28)/t16-/m1/s1. The molecule has 146 valence electrons. The molecule has 0 radical (unpaired) electrons. The van der Waals surface area contributed by atoms with Gasteiger partial charge < -0.3 is 15.7 Å². The summed E-state index contributed by atoms with van der Waals surface area (Å²) < 4.78 is 15.4. The van der Waals surface area contributed by atoms with Gasteiger partial charge in [-0.2, -0.15) is 5.10 Å². The number of pyridine rings is 1. The molecule has 0 bridgehead atoms. The highest BCUT2D eigenvalue weighted by atomic mass is 19.1. The summed E-state index contributed by atoms with van der Waals surface area (Å²) in [4.78, 5) is 22.3. The predicted molar refractivity (Wildman–Crippen MR) is 101 cm³/mol. The zero-order valence-electron chi connectivity index (χ0n) is 15.3. The lowest BCUT2D eigenvalue weighted by Crippen LogP contribution is -2.25. The Morgan fingerprint density at radius 2 is 2.25 bits per heavy atom. The van der Waals surface area contributed by atoms with Crippen LogP contribution in [-0.2, 0) is 6.42 Å². The van der Waals surface area contributed by atoms with Crippen molar-refractivity contribution in [3.8, 4) is 0 Å². The normalized spacial score (nSPS) is 16.8. The third kappa shape index (κ3) is 3.29. The zero-order valence-corrected chi connectivity index (χ0v) is 15.3. The number of anilines is 1. The quantitative estimate of drug-likeness (QED) is 0.670. The third-order valence-electron chi connectivity index (χ3n) is 5.08. The number of aromatic carboxylic acids is 1. The van der Waals surface area contributed by atoms with E-state index in [1.807, 2.05) is 0 Å². The summed E-state index contributed by atoms with van der Waals surface area (Å²) in [6, 6.07) is 3.28. The maximum Gasteiger partial charge on any atom is 0.341 e. The SMILES string of the molecule is NCCCc1ncc(F)cc1[C@H]1CCCN1c1ccn2ncc(C(=O)O)c2n1. The molecular weight excluding hydrogens is 363 g/mol. The van der Waals surface area contributed by atoms with Crippen molar-refractivity contribution >= 4 is 17.4 Å². The number of nitrogens with two attached hydrogens (primary N) is 1. The largest absolute Gasteiger partial charge is 0.477 e. The Balaban J connectivity index is 1.73. The maximum atomic E-state index is 14.0. The second kappa shape index (κ2) is 7.51. The first-order chi connectivity index (χ1) is 13.6. The summed E-state index contributed by atoms with van der Waals surface area (Å²) in [5, 5.41) is 13.4. The topological polar surface area (TPSA) is 110 Å². The molecule has 1 fully saturated rings. The van der Waals surface area contributed by atoms with Crippen LogP contribution in [0.1, 0.15) is 46.9 Å². The molecule has 1 aliphatic heterocycles. The third-order valence-corrected chi connectivity index (χ3v) is 5.08. The number of hydrogen-bond donors (Lipinski definition) is 2. The lowest BCUT2D eigenvalue weighted by Gasteiger charge is -2.27. The maximum absolute atomic E-state index is 14.0. The first-order valence-electron chi connectivity index (χ1n) is 9.27. The van der Waals surface area contributed by atoms with Crippen molar-refractivity contribution in [3.63, 3.8) is 0 Å². The van der Waals surface area contributed by atoms with E-state index >= 15 is 0 Å². The van der Waals surface area contributed by atoms with E-state index < -0.39 is 5.97 Å². The van der Waals surface area contributed by atoms with Crippen molar-refractivity contribution in [1.82, 2.24) is 19.6 Å². The summed E-state index contributed by atoms with van der Waals surface area (Å²) in [6.45, 7) is 1.29. The van der Waals surface area contributed by atoms with Crippen LogP contribution in [0.3, 0.4) is 0 Å². The van der Waals surface area contributed by atoms with Crippen molar-refractivity contribution in [3.05, 3.63) is 53.4 Å². The average molecular weight is 384 g/mol. The van der Waals surface area contributed by atoms with E-state index in [1.54, 1.807) is 18.3 Å². The minimum atomic E-state index is -1.07. The average Bonchev–Trinajstić information content (AvgIpc) is 3.33. The number of halogens is 1. The van der Waals surface area contributed by atoms with Gasteiger partial charge in [0.05, 0.1) is 18.4 Å². The van der Waals surface area contributed by atoms with Crippen LogP contribution < -0.4 is 10.6 Å². The van der Waals surface area contributed by atoms with Crippen molar-refractivity contribution in [2.75, 3.05) is 18.0 Å². The molecule has 3 aromatic rings. The Bertz CT molecular complexity index is 1020. The van der Waals surface area contributed by atoms with Crippen LogP contribution in [0.4, 0.5) is 10.2 Å². The van der Waals surface area contributed by atoms with E-state index in [2.05, 4.69) is 20.0 Å². The molecule has 4 rings (SSSR count). The summed E-state index contributed by atoms with van der Waals surface area (Å²) in [5.74, 6) is -0.797. The van der Waals surface area contributed by atoms with Gasteiger partial charge in [-0.15, -0.1) is 0 Å². The lowest BCUT2D eigenvalue weighted by atomic mass is 10.00. The Kier molecular flexibility index (Phi) is 4.91. The smallest absolute Gasteiger partial charge is 0.341 e. The number of carbonyl (C=O) groups is 1. The molecule has 4 heterocycles. The van der Waals surface area contributed by atoms with Crippen LogP contribution in [0, 0.1) is 5.82 Å². The number of carboxylic acids is 1. The molecule has 3 N–H and O–H groups in total. The van der Waals surface area contributed by atoms with E-state index in [0.29, 0.717) is 18.8 Å². The van der Waals surface area contributed by atoms with Crippen molar-refractivity contribution in [2.45, 2.75) is 31.7 Å². The van der Waals surface area contributed by atoms with Crippen LogP contribution in [0.5, 0.6) is 0 Å². The van der Waals surface area contributed by atoms with E-state index in [1.165, 1.54) is 16.9 Å². The van der Waals surface area contributed by atoms with Crippen LogP contribution >= 0.6 is 0 Å². The molecule has 0 unspecified atom stereocenters. The fourth-order valence-corrected chi connectivity index (χ4v) is 3.78. The molecular formula is C19H21FN6O2. The molecule has 28 heavy (non-hydrogen) atoms. The molecule has 1 saturated heterocycles. The first kappa shape index (κ1) is 18.3. The van der Waals surface area contributed by atoms with Crippen LogP contribution in [-0.4, -0.2) is 43.7 Å². The molecule has 8 nitrogen and oxygen atoms in total. The van der Waals surface area contributed by atoms with Gasteiger partial charge in [-0.1, -0.05) is 0 Å². The minimum absolute atomic E-state index is 0.0497. The molecule has 0 aromatic carbocycles. The molecule has 0 spiro atoms. The van der Waals surface area contributed by atoms with E-state index in [4.69, 9.17) is 5.73 Å². The van der Waals surface area contributed by atoms with Crippen LogP contribution in [0.2, 0.25) is 0 Å². The highest BCUT2D eigenvalue weighted by Crippen LogP contribution is 2.37. The van der Waals surface area contributed by atoms with Gasteiger partial charge in [-0.25, -0.2) is 18.7 Å².